The third kappa shape index (κ3) is 5.53. The van der Waals surface area contributed by atoms with Crippen LogP contribution >= 0.6 is 11.8 Å². The summed E-state index contributed by atoms with van der Waals surface area (Å²) in [6.07, 6.45) is 0.218. The Balaban J connectivity index is 2.30. The average molecular weight is 269 g/mol. The van der Waals surface area contributed by atoms with Crippen molar-refractivity contribution in [3.05, 3.63) is 29.8 Å². The molecule has 100 valence electrons. The lowest BCUT2D eigenvalue weighted by Gasteiger charge is -2.08. The van der Waals surface area contributed by atoms with Gasteiger partial charge in [-0.15, -0.1) is 11.8 Å². The topological polar surface area (TPSA) is 69.6 Å². The molecule has 0 aliphatic carbocycles. The number of nitrogens with one attached hydrogen (secondary N) is 1. The summed E-state index contributed by atoms with van der Waals surface area (Å²) in [5, 5.41) is 20.5. The lowest BCUT2D eigenvalue weighted by Crippen LogP contribution is -2.19. The summed E-state index contributed by atoms with van der Waals surface area (Å²) in [5.74, 6) is 0.528. The van der Waals surface area contributed by atoms with Crippen LogP contribution in [0.25, 0.3) is 0 Å². The maximum Gasteiger partial charge on any atom is 0.234 e. The van der Waals surface area contributed by atoms with Crippen molar-refractivity contribution < 1.29 is 15.0 Å². The average Bonchev–Trinajstić information content (AvgIpc) is 2.39. The molecule has 0 radical (unpaired) electrons. The van der Waals surface area contributed by atoms with Gasteiger partial charge in [0.25, 0.3) is 0 Å². The Kier molecular flexibility index (Phi) is 6.78. The van der Waals surface area contributed by atoms with E-state index < -0.39 is 6.10 Å². The van der Waals surface area contributed by atoms with Gasteiger partial charge >= 0.3 is 0 Å². The minimum absolute atomic E-state index is 0.102. The third-order valence-corrected chi connectivity index (χ3v) is 3.49. The standard InChI is InChI=1S/C13H19NO3S/c1-2-10-3-5-11(6-4-10)14-13(17)9-18-8-12(16)7-15/h3-6,12,15-16H,2,7-9H2,1H3,(H,14,17). The van der Waals surface area contributed by atoms with Gasteiger partial charge in [0.05, 0.1) is 18.5 Å². The van der Waals surface area contributed by atoms with Crippen molar-refractivity contribution in [2.45, 2.75) is 19.4 Å². The lowest BCUT2D eigenvalue weighted by atomic mass is 10.1. The van der Waals surface area contributed by atoms with Crippen molar-refractivity contribution in [2.24, 2.45) is 0 Å². The molecule has 1 rings (SSSR count). The normalized spacial score (nSPS) is 12.2. The molecular weight excluding hydrogens is 250 g/mol. The number of anilines is 1. The van der Waals surface area contributed by atoms with E-state index in [4.69, 9.17) is 10.2 Å². The fraction of sp³-hybridized carbons (Fsp3) is 0.462. The van der Waals surface area contributed by atoms with E-state index in [2.05, 4.69) is 12.2 Å². The third-order valence-electron chi connectivity index (χ3n) is 2.40. The van der Waals surface area contributed by atoms with E-state index in [1.807, 2.05) is 24.3 Å². The smallest absolute Gasteiger partial charge is 0.234 e. The molecule has 1 aromatic carbocycles. The van der Waals surface area contributed by atoms with E-state index in [1.165, 1.54) is 17.3 Å². The maximum absolute atomic E-state index is 11.6. The second kappa shape index (κ2) is 8.13. The van der Waals surface area contributed by atoms with Gasteiger partial charge in [0, 0.05) is 11.4 Å². The number of hydrogen-bond acceptors (Lipinski definition) is 4. The summed E-state index contributed by atoms with van der Waals surface area (Å²) in [4.78, 5) is 11.6. The van der Waals surface area contributed by atoms with Crippen molar-refractivity contribution >= 4 is 23.4 Å². The van der Waals surface area contributed by atoms with E-state index in [0.29, 0.717) is 5.75 Å². The summed E-state index contributed by atoms with van der Waals surface area (Å²) in [7, 11) is 0. The molecule has 1 amide bonds. The molecular formula is C13H19NO3S. The number of rotatable bonds is 7. The van der Waals surface area contributed by atoms with Crippen molar-refractivity contribution in [1.29, 1.82) is 0 Å². The van der Waals surface area contributed by atoms with Crippen molar-refractivity contribution in [3.8, 4) is 0 Å². The Morgan fingerprint density at radius 2 is 2.06 bits per heavy atom. The van der Waals surface area contributed by atoms with Gasteiger partial charge in [0.2, 0.25) is 5.91 Å². The Morgan fingerprint density at radius 1 is 1.39 bits per heavy atom. The van der Waals surface area contributed by atoms with Crippen LogP contribution in [0, 0.1) is 0 Å². The molecule has 0 aliphatic heterocycles. The Hall–Kier alpha value is -1.04. The van der Waals surface area contributed by atoms with Gasteiger partial charge in [-0.3, -0.25) is 4.79 Å². The summed E-state index contributed by atoms with van der Waals surface area (Å²) >= 11 is 1.30. The first kappa shape index (κ1) is 15.0. The number of aryl methyl sites for hydroxylation is 1. The highest BCUT2D eigenvalue weighted by Gasteiger charge is 2.06. The predicted octanol–water partition coefficient (Wildman–Crippen LogP) is 1.27. The van der Waals surface area contributed by atoms with E-state index in [1.54, 1.807) is 0 Å². The molecule has 0 saturated carbocycles. The van der Waals surface area contributed by atoms with Crippen LogP contribution in [-0.4, -0.2) is 40.3 Å². The first-order valence-electron chi connectivity index (χ1n) is 5.91. The summed E-state index contributed by atoms with van der Waals surface area (Å²) in [6, 6.07) is 7.73. The fourth-order valence-corrected chi connectivity index (χ4v) is 2.11. The highest BCUT2D eigenvalue weighted by atomic mass is 32.2. The fourth-order valence-electron chi connectivity index (χ4n) is 1.36. The number of hydrogen-bond donors (Lipinski definition) is 3. The molecule has 0 spiro atoms. The summed E-state index contributed by atoms with van der Waals surface area (Å²) in [5.41, 5.74) is 2.01. The van der Waals surface area contributed by atoms with Gasteiger partial charge in [-0.25, -0.2) is 0 Å². The summed E-state index contributed by atoms with van der Waals surface area (Å²) < 4.78 is 0. The number of carbonyl (C=O) groups excluding carboxylic acids is 1. The molecule has 0 aliphatic rings. The number of thioether (sulfide) groups is 1. The molecule has 4 nitrogen and oxygen atoms in total. The largest absolute Gasteiger partial charge is 0.394 e. The predicted molar refractivity (Wildman–Crippen MR) is 74.9 cm³/mol. The van der Waals surface area contributed by atoms with Gasteiger partial charge in [-0.2, -0.15) is 0 Å². The molecule has 0 aromatic heterocycles. The zero-order valence-corrected chi connectivity index (χ0v) is 11.2. The van der Waals surface area contributed by atoms with Crippen molar-refractivity contribution in [1.82, 2.24) is 0 Å². The van der Waals surface area contributed by atoms with Crippen LogP contribution < -0.4 is 5.32 Å². The van der Waals surface area contributed by atoms with Gasteiger partial charge in [0.1, 0.15) is 0 Å². The van der Waals surface area contributed by atoms with Crippen LogP contribution in [-0.2, 0) is 11.2 Å². The minimum atomic E-state index is -0.758. The van der Waals surface area contributed by atoms with Crippen LogP contribution in [0.3, 0.4) is 0 Å². The quantitative estimate of drug-likeness (QED) is 0.697. The SMILES string of the molecule is CCc1ccc(NC(=O)CSCC(O)CO)cc1. The molecule has 1 aromatic rings. The molecule has 0 heterocycles. The van der Waals surface area contributed by atoms with Crippen LogP contribution in [0.2, 0.25) is 0 Å². The highest BCUT2D eigenvalue weighted by Crippen LogP contribution is 2.11. The van der Waals surface area contributed by atoms with E-state index >= 15 is 0 Å². The molecule has 0 saturated heterocycles. The first-order chi connectivity index (χ1) is 8.65. The lowest BCUT2D eigenvalue weighted by molar-refractivity contribution is -0.113. The van der Waals surface area contributed by atoms with Gasteiger partial charge in [0.15, 0.2) is 0 Å². The number of aliphatic hydroxyl groups excluding tert-OH is 2. The Labute approximate surface area is 111 Å². The van der Waals surface area contributed by atoms with Gasteiger partial charge in [-0.1, -0.05) is 19.1 Å². The van der Waals surface area contributed by atoms with Crippen molar-refractivity contribution in [2.75, 3.05) is 23.4 Å². The van der Waals surface area contributed by atoms with Gasteiger partial charge in [-0.05, 0) is 24.1 Å². The monoisotopic (exact) mass is 269 g/mol. The zero-order valence-electron chi connectivity index (χ0n) is 10.4. The van der Waals surface area contributed by atoms with Crippen LogP contribution in [0.4, 0.5) is 5.69 Å². The van der Waals surface area contributed by atoms with Gasteiger partial charge < -0.3 is 15.5 Å². The molecule has 0 bridgehead atoms. The Morgan fingerprint density at radius 3 is 2.61 bits per heavy atom. The zero-order chi connectivity index (χ0) is 13.4. The molecule has 1 unspecified atom stereocenters. The van der Waals surface area contributed by atoms with Crippen LogP contribution in [0.15, 0.2) is 24.3 Å². The molecule has 0 fully saturated rings. The van der Waals surface area contributed by atoms with E-state index in [-0.39, 0.29) is 18.3 Å². The highest BCUT2D eigenvalue weighted by molar-refractivity contribution is 8.00. The number of aliphatic hydroxyl groups is 2. The van der Waals surface area contributed by atoms with E-state index in [0.717, 1.165) is 12.1 Å². The minimum Gasteiger partial charge on any atom is -0.394 e. The second-order valence-electron chi connectivity index (χ2n) is 3.95. The first-order valence-corrected chi connectivity index (χ1v) is 7.06. The van der Waals surface area contributed by atoms with Crippen LogP contribution in [0.1, 0.15) is 12.5 Å². The number of carbonyl (C=O) groups is 1. The number of benzene rings is 1. The maximum atomic E-state index is 11.6. The van der Waals surface area contributed by atoms with E-state index in [9.17, 15) is 4.79 Å². The second-order valence-corrected chi connectivity index (χ2v) is 4.98. The molecule has 3 N–H and O–H groups in total. The van der Waals surface area contributed by atoms with Crippen LogP contribution in [0.5, 0.6) is 0 Å². The van der Waals surface area contributed by atoms with Crippen molar-refractivity contribution in [3.63, 3.8) is 0 Å². The molecule has 5 heteroatoms. The Bertz CT molecular complexity index is 367. The molecule has 18 heavy (non-hydrogen) atoms. The number of amides is 1. The molecule has 1 atom stereocenters. The summed E-state index contributed by atoms with van der Waals surface area (Å²) in [6.45, 7) is 1.81.